The number of rotatable bonds is 10. The third kappa shape index (κ3) is 7.30. The highest BCUT2D eigenvalue weighted by atomic mass is 79.9. The van der Waals surface area contributed by atoms with Crippen molar-refractivity contribution < 1.29 is 22.4 Å². The van der Waals surface area contributed by atoms with Crippen molar-refractivity contribution in [2.75, 3.05) is 23.7 Å². The number of carbonyl (C=O) groups excluding carboxylic acids is 2. The van der Waals surface area contributed by atoms with Crippen molar-refractivity contribution in [2.45, 2.75) is 32.9 Å². The van der Waals surface area contributed by atoms with E-state index in [2.05, 4.69) is 21.2 Å². The first-order valence-electron chi connectivity index (χ1n) is 10.1. The molecule has 0 aliphatic rings. The number of nitrogens with one attached hydrogen (secondary N) is 1. The predicted octanol–water partition coefficient (Wildman–Crippen LogP) is 3.30. The molecule has 0 radical (unpaired) electrons. The standard InChI is InChI=1S/C22H27BrFN3O4S/c1-4-13-25-22(29)16(2)26(14-17-5-7-18(23)8-6-17)21(28)15-27(32(3,30)31)20-11-9-19(24)10-12-20/h5-12,16H,4,13-15H2,1-3H3,(H,25,29)/t16-/m1/s1. The van der Waals surface area contributed by atoms with Crippen LogP contribution in [0.1, 0.15) is 25.8 Å². The van der Waals surface area contributed by atoms with Crippen LogP contribution in [-0.2, 0) is 26.2 Å². The van der Waals surface area contributed by atoms with Gasteiger partial charge in [0.1, 0.15) is 18.4 Å². The molecule has 32 heavy (non-hydrogen) atoms. The summed E-state index contributed by atoms with van der Waals surface area (Å²) in [4.78, 5) is 27.2. The maximum atomic E-state index is 13.3. The molecule has 0 unspecified atom stereocenters. The van der Waals surface area contributed by atoms with Crippen molar-refractivity contribution in [3.8, 4) is 0 Å². The molecule has 2 aromatic carbocycles. The molecule has 2 aromatic rings. The maximum absolute atomic E-state index is 13.3. The van der Waals surface area contributed by atoms with Crippen LogP contribution in [0.4, 0.5) is 10.1 Å². The first-order valence-corrected chi connectivity index (χ1v) is 12.7. The van der Waals surface area contributed by atoms with Gasteiger partial charge in [-0.05, 0) is 55.3 Å². The van der Waals surface area contributed by atoms with Gasteiger partial charge in [0.2, 0.25) is 21.8 Å². The normalized spacial score (nSPS) is 12.2. The van der Waals surface area contributed by atoms with Crippen LogP contribution in [0.2, 0.25) is 0 Å². The van der Waals surface area contributed by atoms with E-state index in [4.69, 9.17) is 0 Å². The number of anilines is 1. The van der Waals surface area contributed by atoms with E-state index in [9.17, 15) is 22.4 Å². The lowest BCUT2D eigenvalue weighted by Crippen LogP contribution is -2.51. The number of nitrogens with zero attached hydrogens (tertiary/aromatic N) is 2. The van der Waals surface area contributed by atoms with Gasteiger partial charge in [-0.1, -0.05) is 35.0 Å². The molecule has 0 aliphatic carbocycles. The molecule has 2 rings (SSSR count). The lowest BCUT2D eigenvalue weighted by atomic mass is 10.1. The quantitative estimate of drug-likeness (QED) is 0.513. The zero-order valence-electron chi connectivity index (χ0n) is 18.2. The molecule has 2 amide bonds. The number of hydrogen-bond acceptors (Lipinski definition) is 4. The topological polar surface area (TPSA) is 86.8 Å². The molecule has 0 fully saturated rings. The largest absolute Gasteiger partial charge is 0.354 e. The fraction of sp³-hybridized carbons (Fsp3) is 0.364. The van der Waals surface area contributed by atoms with Crippen LogP contribution in [0.15, 0.2) is 53.0 Å². The summed E-state index contributed by atoms with van der Waals surface area (Å²) in [7, 11) is -3.84. The number of amides is 2. The van der Waals surface area contributed by atoms with Gasteiger partial charge in [0, 0.05) is 17.6 Å². The fourth-order valence-electron chi connectivity index (χ4n) is 2.99. The van der Waals surface area contributed by atoms with Crippen LogP contribution in [0, 0.1) is 5.82 Å². The van der Waals surface area contributed by atoms with Crippen molar-refractivity contribution in [3.63, 3.8) is 0 Å². The van der Waals surface area contributed by atoms with Crippen molar-refractivity contribution in [1.29, 1.82) is 0 Å². The Morgan fingerprint density at radius 1 is 1.09 bits per heavy atom. The molecule has 10 heteroatoms. The number of hydrogen-bond donors (Lipinski definition) is 1. The molecular formula is C22H27BrFN3O4S. The SMILES string of the molecule is CCCNC(=O)[C@@H](C)N(Cc1ccc(Br)cc1)C(=O)CN(c1ccc(F)cc1)S(C)(=O)=O. The molecule has 7 nitrogen and oxygen atoms in total. The van der Waals surface area contributed by atoms with E-state index in [0.29, 0.717) is 6.54 Å². The molecule has 0 bridgehead atoms. The first kappa shape index (κ1) is 25.8. The number of carbonyl (C=O) groups is 2. The van der Waals surface area contributed by atoms with Gasteiger partial charge in [0.15, 0.2) is 0 Å². The predicted molar refractivity (Wildman–Crippen MR) is 126 cm³/mol. The third-order valence-corrected chi connectivity index (χ3v) is 6.45. The number of benzene rings is 2. The van der Waals surface area contributed by atoms with Gasteiger partial charge in [-0.15, -0.1) is 0 Å². The molecule has 1 N–H and O–H groups in total. The summed E-state index contributed by atoms with van der Waals surface area (Å²) in [6, 6.07) is 11.3. The van der Waals surface area contributed by atoms with E-state index >= 15 is 0 Å². The molecule has 0 heterocycles. The van der Waals surface area contributed by atoms with E-state index in [0.717, 1.165) is 39.2 Å². The second kappa shape index (κ2) is 11.4. The van der Waals surface area contributed by atoms with Crippen LogP contribution in [0.3, 0.4) is 0 Å². The Bertz CT molecular complexity index is 1030. The third-order valence-electron chi connectivity index (χ3n) is 4.78. The highest BCUT2D eigenvalue weighted by Crippen LogP contribution is 2.20. The minimum absolute atomic E-state index is 0.119. The minimum Gasteiger partial charge on any atom is -0.354 e. The van der Waals surface area contributed by atoms with Gasteiger partial charge in [-0.3, -0.25) is 13.9 Å². The molecule has 0 aliphatic heterocycles. The zero-order valence-corrected chi connectivity index (χ0v) is 20.6. The summed E-state index contributed by atoms with van der Waals surface area (Å²) < 4.78 is 39.9. The molecular weight excluding hydrogens is 501 g/mol. The molecule has 0 saturated heterocycles. The van der Waals surface area contributed by atoms with Crippen LogP contribution in [0.25, 0.3) is 0 Å². The van der Waals surface area contributed by atoms with Gasteiger partial charge in [0.05, 0.1) is 11.9 Å². The molecule has 0 spiro atoms. The number of halogens is 2. The summed E-state index contributed by atoms with van der Waals surface area (Å²) in [5.41, 5.74) is 0.943. The van der Waals surface area contributed by atoms with Gasteiger partial charge < -0.3 is 10.2 Å². The lowest BCUT2D eigenvalue weighted by Gasteiger charge is -2.31. The second-order valence-electron chi connectivity index (χ2n) is 7.36. The monoisotopic (exact) mass is 527 g/mol. The van der Waals surface area contributed by atoms with Crippen LogP contribution in [-0.4, -0.2) is 50.5 Å². The Balaban J connectivity index is 2.34. The molecule has 1 atom stereocenters. The maximum Gasteiger partial charge on any atom is 0.244 e. The summed E-state index contributed by atoms with van der Waals surface area (Å²) >= 11 is 3.36. The molecule has 174 valence electrons. The van der Waals surface area contributed by atoms with Crippen molar-refractivity contribution in [2.24, 2.45) is 0 Å². The Kier molecular flexibility index (Phi) is 9.21. The Morgan fingerprint density at radius 3 is 2.22 bits per heavy atom. The Labute approximate surface area is 196 Å². The lowest BCUT2D eigenvalue weighted by molar-refractivity contribution is -0.139. The number of sulfonamides is 1. The average Bonchev–Trinajstić information content (AvgIpc) is 2.74. The smallest absolute Gasteiger partial charge is 0.244 e. The van der Waals surface area contributed by atoms with E-state index in [1.165, 1.54) is 17.0 Å². The minimum atomic E-state index is -3.84. The van der Waals surface area contributed by atoms with Gasteiger partial charge in [-0.2, -0.15) is 0 Å². The summed E-state index contributed by atoms with van der Waals surface area (Å²) in [5.74, 6) is -1.40. The zero-order chi connectivity index (χ0) is 23.9. The Hall–Kier alpha value is -2.46. The van der Waals surface area contributed by atoms with Crippen LogP contribution < -0.4 is 9.62 Å². The average molecular weight is 528 g/mol. The van der Waals surface area contributed by atoms with Crippen molar-refractivity contribution >= 4 is 43.5 Å². The van der Waals surface area contributed by atoms with Crippen LogP contribution in [0.5, 0.6) is 0 Å². The van der Waals surface area contributed by atoms with Crippen LogP contribution >= 0.6 is 15.9 Å². The first-order chi connectivity index (χ1) is 15.0. The summed E-state index contributed by atoms with van der Waals surface area (Å²) in [6.45, 7) is 3.58. The van der Waals surface area contributed by atoms with Crippen molar-refractivity contribution in [1.82, 2.24) is 10.2 Å². The highest BCUT2D eigenvalue weighted by Gasteiger charge is 2.29. The molecule has 0 aromatic heterocycles. The van der Waals surface area contributed by atoms with E-state index in [-0.39, 0.29) is 18.1 Å². The van der Waals surface area contributed by atoms with Gasteiger partial charge >= 0.3 is 0 Å². The summed E-state index contributed by atoms with van der Waals surface area (Å²) in [5, 5.41) is 2.77. The van der Waals surface area contributed by atoms with E-state index in [1.807, 2.05) is 31.2 Å². The van der Waals surface area contributed by atoms with E-state index < -0.39 is 34.3 Å². The Morgan fingerprint density at radius 2 is 1.69 bits per heavy atom. The highest BCUT2D eigenvalue weighted by molar-refractivity contribution is 9.10. The molecule has 0 saturated carbocycles. The summed E-state index contributed by atoms with van der Waals surface area (Å²) in [6.07, 6.45) is 1.71. The van der Waals surface area contributed by atoms with Gasteiger partial charge in [-0.25, -0.2) is 12.8 Å². The van der Waals surface area contributed by atoms with Gasteiger partial charge in [0.25, 0.3) is 0 Å². The van der Waals surface area contributed by atoms with Crippen molar-refractivity contribution in [3.05, 3.63) is 64.4 Å². The second-order valence-corrected chi connectivity index (χ2v) is 10.2. The van der Waals surface area contributed by atoms with E-state index in [1.54, 1.807) is 6.92 Å². The fourth-order valence-corrected chi connectivity index (χ4v) is 4.10.